The topological polar surface area (TPSA) is 25.2 Å². The zero-order valence-electron chi connectivity index (χ0n) is 16.6. The lowest BCUT2D eigenvalue weighted by molar-refractivity contribution is 0.166. The highest BCUT2D eigenvalue weighted by Crippen LogP contribution is 2.31. The summed E-state index contributed by atoms with van der Waals surface area (Å²) in [5.41, 5.74) is 3.82. The molecule has 2 aromatic carbocycles. The second kappa shape index (κ2) is 7.21. The molecule has 2 aliphatic rings. The van der Waals surface area contributed by atoms with Crippen LogP contribution >= 0.6 is 0 Å². The van der Waals surface area contributed by atoms with Crippen LogP contribution in [0.2, 0.25) is 0 Å². The Hall–Kier alpha value is -2.39. The molecule has 2 fully saturated rings. The van der Waals surface area contributed by atoms with Gasteiger partial charge in [-0.05, 0) is 91.9 Å². The first-order valence-electron chi connectivity index (χ1n) is 10.6. The predicted octanol–water partition coefficient (Wildman–Crippen LogP) is 4.85. The third-order valence-corrected chi connectivity index (χ3v) is 6.60. The summed E-state index contributed by atoms with van der Waals surface area (Å²) in [6.45, 7) is 5.40. The largest absolute Gasteiger partial charge is 0.315 e. The highest BCUT2D eigenvalue weighted by atomic mass is 16.1. The first-order valence-corrected chi connectivity index (χ1v) is 10.6. The summed E-state index contributed by atoms with van der Waals surface area (Å²) in [5.74, 6) is 0.622. The number of aromatic nitrogens is 1. The average molecular weight is 373 g/mol. The molecule has 0 bridgehead atoms. The van der Waals surface area contributed by atoms with Crippen molar-refractivity contribution in [2.45, 2.75) is 45.2 Å². The number of benzene rings is 2. The summed E-state index contributed by atoms with van der Waals surface area (Å²) in [4.78, 5) is 15.7. The van der Waals surface area contributed by atoms with E-state index in [1.54, 1.807) is 0 Å². The molecule has 1 aliphatic heterocycles. The Balaban J connectivity index is 1.38. The third-order valence-electron chi connectivity index (χ3n) is 6.60. The Bertz CT molecular complexity index is 1060. The number of hydrogen-bond acceptors (Lipinski definition) is 2. The Labute approximate surface area is 166 Å². The van der Waals surface area contributed by atoms with Gasteiger partial charge in [0.15, 0.2) is 0 Å². The number of piperidine rings is 1. The molecule has 0 unspecified atom stereocenters. The van der Waals surface area contributed by atoms with Gasteiger partial charge in [0.25, 0.3) is 5.56 Å². The van der Waals surface area contributed by atoms with Gasteiger partial charge >= 0.3 is 0 Å². The number of nitrogens with zero attached hydrogens (tertiary/aromatic N) is 2. The number of rotatable bonds is 4. The fourth-order valence-corrected chi connectivity index (χ4v) is 4.71. The minimum atomic E-state index is 0.151. The number of likely N-dealkylation sites (tertiary alicyclic amines) is 1. The number of fused-ring (bicyclic) bond motifs is 1. The van der Waals surface area contributed by atoms with Crippen molar-refractivity contribution >= 4 is 10.8 Å². The molecule has 0 amide bonds. The monoisotopic (exact) mass is 372 g/mol. The van der Waals surface area contributed by atoms with E-state index >= 15 is 0 Å². The smallest absolute Gasteiger partial charge is 0.258 e. The maximum atomic E-state index is 13.1. The minimum absolute atomic E-state index is 0.151. The van der Waals surface area contributed by atoms with Crippen LogP contribution in [0.3, 0.4) is 0 Å². The van der Waals surface area contributed by atoms with Crippen molar-refractivity contribution in [1.82, 2.24) is 9.47 Å². The SMILES string of the molecule is Cc1ccccc1-c1ccc2c(=O)n(CC3CCN(C4CC4)CC3)ccc2c1. The number of hydrogen-bond donors (Lipinski definition) is 0. The van der Waals surface area contributed by atoms with Gasteiger partial charge in [0.05, 0.1) is 0 Å². The summed E-state index contributed by atoms with van der Waals surface area (Å²) >= 11 is 0. The summed E-state index contributed by atoms with van der Waals surface area (Å²) in [5, 5.41) is 1.86. The van der Waals surface area contributed by atoms with Crippen molar-refractivity contribution in [3.63, 3.8) is 0 Å². The molecule has 0 spiro atoms. The van der Waals surface area contributed by atoms with Crippen LogP contribution in [-0.4, -0.2) is 28.6 Å². The maximum Gasteiger partial charge on any atom is 0.258 e. The van der Waals surface area contributed by atoms with Gasteiger partial charge in [0.1, 0.15) is 0 Å². The van der Waals surface area contributed by atoms with E-state index in [9.17, 15) is 4.79 Å². The number of aryl methyl sites for hydroxylation is 1. The van der Waals surface area contributed by atoms with Crippen molar-refractivity contribution < 1.29 is 0 Å². The first-order chi connectivity index (χ1) is 13.7. The van der Waals surface area contributed by atoms with Crippen LogP contribution in [0.5, 0.6) is 0 Å². The van der Waals surface area contributed by atoms with Crippen LogP contribution in [0.1, 0.15) is 31.2 Å². The molecule has 28 heavy (non-hydrogen) atoms. The zero-order chi connectivity index (χ0) is 19.1. The summed E-state index contributed by atoms with van der Waals surface area (Å²) in [6, 6.07) is 17.6. The van der Waals surface area contributed by atoms with E-state index < -0.39 is 0 Å². The molecule has 0 atom stereocenters. The van der Waals surface area contributed by atoms with E-state index in [4.69, 9.17) is 0 Å². The lowest BCUT2D eigenvalue weighted by atomic mass is 9.96. The van der Waals surface area contributed by atoms with Gasteiger partial charge in [-0.1, -0.05) is 30.3 Å². The lowest BCUT2D eigenvalue weighted by Crippen LogP contribution is -2.37. The van der Waals surface area contributed by atoms with Gasteiger partial charge in [-0.25, -0.2) is 0 Å². The molecule has 1 aromatic heterocycles. The summed E-state index contributed by atoms with van der Waals surface area (Å²) < 4.78 is 1.94. The Morgan fingerprint density at radius 3 is 2.50 bits per heavy atom. The van der Waals surface area contributed by atoms with E-state index in [1.807, 2.05) is 16.8 Å². The van der Waals surface area contributed by atoms with Crippen LogP contribution in [0, 0.1) is 12.8 Å². The van der Waals surface area contributed by atoms with Crippen LogP contribution in [0.4, 0.5) is 0 Å². The van der Waals surface area contributed by atoms with E-state index in [-0.39, 0.29) is 5.56 Å². The predicted molar refractivity (Wildman–Crippen MR) is 116 cm³/mol. The van der Waals surface area contributed by atoms with Gasteiger partial charge < -0.3 is 9.47 Å². The lowest BCUT2D eigenvalue weighted by Gasteiger charge is -2.32. The molecule has 2 heterocycles. The third kappa shape index (κ3) is 3.40. The average Bonchev–Trinajstić information content (AvgIpc) is 3.56. The molecular formula is C25H28N2O. The molecule has 0 radical (unpaired) electrons. The Morgan fingerprint density at radius 1 is 0.964 bits per heavy atom. The zero-order valence-corrected chi connectivity index (χ0v) is 16.6. The number of pyridine rings is 1. The molecular weight excluding hydrogens is 344 g/mol. The maximum absolute atomic E-state index is 13.1. The van der Waals surface area contributed by atoms with E-state index in [0.717, 1.165) is 23.4 Å². The molecule has 0 N–H and O–H groups in total. The molecule has 3 heteroatoms. The van der Waals surface area contributed by atoms with Crippen molar-refractivity contribution in [3.05, 3.63) is 70.6 Å². The van der Waals surface area contributed by atoms with Crippen LogP contribution in [0.15, 0.2) is 59.5 Å². The minimum Gasteiger partial charge on any atom is -0.315 e. The van der Waals surface area contributed by atoms with Gasteiger partial charge in [-0.3, -0.25) is 4.79 Å². The van der Waals surface area contributed by atoms with Gasteiger partial charge in [0.2, 0.25) is 0 Å². The van der Waals surface area contributed by atoms with Crippen LogP contribution in [-0.2, 0) is 6.54 Å². The van der Waals surface area contributed by atoms with Crippen molar-refractivity contribution in [2.75, 3.05) is 13.1 Å². The molecule has 144 valence electrons. The normalized spacial score (nSPS) is 18.6. The van der Waals surface area contributed by atoms with Crippen molar-refractivity contribution in [2.24, 2.45) is 5.92 Å². The standard InChI is InChI=1S/C25H28N2O/c1-18-4-2-3-5-23(18)20-6-9-24-21(16-20)12-15-27(25(24)28)17-19-10-13-26(14-11-19)22-7-8-22/h2-6,9,12,15-16,19,22H,7-8,10-11,13-14,17H2,1H3. The fraction of sp³-hybridized carbons (Fsp3) is 0.400. The summed E-state index contributed by atoms with van der Waals surface area (Å²) in [7, 11) is 0. The molecule has 5 rings (SSSR count). The summed E-state index contributed by atoms with van der Waals surface area (Å²) in [6.07, 6.45) is 7.21. The Kier molecular flexibility index (Phi) is 4.56. The second-order valence-corrected chi connectivity index (χ2v) is 8.60. The highest BCUT2D eigenvalue weighted by molar-refractivity contribution is 5.87. The molecule has 1 saturated heterocycles. The van der Waals surface area contributed by atoms with E-state index in [0.29, 0.717) is 5.92 Å². The quantitative estimate of drug-likeness (QED) is 0.654. The molecule has 1 aliphatic carbocycles. The van der Waals surface area contributed by atoms with Crippen LogP contribution < -0.4 is 5.56 Å². The van der Waals surface area contributed by atoms with Gasteiger partial charge in [-0.2, -0.15) is 0 Å². The second-order valence-electron chi connectivity index (χ2n) is 8.60. The molecule has 3 nitrogen and oxygen atoms in total. The molecule has 1 saturated carbocycles. The van der Waals surface area contributed by atoms with Gasteiger partial charge in [0, 0.05) is 24.2 Å². The molecule has 3 aromatic rings. The fourth-order valence-electron chi connectivity index (χ4n) is 4.71. The van der Waals surface area contributed by atoms with E-state index in [2.05, 4.69) is 54.3 Å². The highest BCUT2D eigenvalue weighted by Gasteiger charge is 2.31. The van der Waals surface area contributed by atoms with E-state index in [1.165, 1.54) is 55.5 Å². The first kappa shape index (κ1) is 17.7. The van der Waals surface area contributed by atoms with Gasteiger partial charge in [-0.15, -0.1) is 0 Å². The van der Waals surface area contributed by atoms with Crippen molar-refractivity contribution in [3.8, 4) is 11.1 Å². The van der Waals surface area contributed by atoms with Crippen molar-refractivity contribution in [1.29, 1.82) is 0 Å². The Morgan fingerprint density at radius 2 is 1.75 bits per heavy atom. The van der Waals surface area contributed by atoms with Crippen LogP contribution in [0.25, 0.3) is 21.9 Å².